The SMILES string of the molecule is CC(=O)Nc1cccc(-n2nnnc2SCC(=O)NCc2ccc(C)cc2)c1. The van der Waals surface area contributed by atoms with E-state index >= 15 is 0 Å². The van der Waals surface area contributed by atoms with Crippen molar-refractivity contribution in [3.05, 3.63) is 59.7 Å². The number of tetrazole rings is 1. The second-order valence-electron chi connectivity index (χ2n) is 6.16. The van der Waals surface area contributed by atoms with E-state index in [2.05, 4.69) is 26.2 Å². The van der Waals surface area contributed by atoms with Gasteiger partial charge in [-0.2, -0.15) is 4.68 Å². The molecule has 0 aliphatic rings. The van der Waals surface area contributed by atoms with Crippen molar-refractivity contribution in [2.75, 3.05) is 11.1 Å². The maximum atomic E-state index is 12.1. The highest BCUT2D eigenvalue weighted by Gasteiger charge is 2.12. The lowest BCUT2D eigenvalue weighted by atomic mass is 10.1. The van der Waals surface area contributed by atoms with Crippen molar-refractivity contribution in [1.82, 2.24) is 25.5 Å². The van der Waals surface area contributed by atoms with Crippen LogP contribution in [0.25, 0.3) is 5.69 Å². The van der Waals surface area contributed by atoms with Crippen LogP contribution in [0.5, 0.6) is 0 Å². The third-order valence-electron chi connectivity index (χ3n) is 3.79. The second kappa shape index (κ2) is 9.14. The number of rotatable bonds is 7. The van der Waals surface area contributed by atoms with Crippen molar-refractivity contribution < 1.29 is 9.59 Å². The van der Waals surface area contributed by atoms with Crippen LogP contribution in [0.3, 0.4) is 0 Å². The summed E-state index contributed by atoms with van der Waals surface area (Å²) >= 11 is 1.24. The molecule has 28 heavy (non-hydrogen) atoms. The minimum atomic E-state index is -0.159. The van der Waals surface area contributed by atoms with Crippen LogP contribution in [0.4, 0.5) is 5.69 Å². The minimum absolute atomic E-state index is 0.105. The van der Waals surface area contributed by atoms with Crippen LogP contribution in [0.2, 0.25) is 0 Å². The highest BCUT2D eigenvalue weighted by molar-refractivity contribution is 7.99. The van der Waals surface area contributed by atoms with E-state index in [9.17, 15) is 9.59 Å². The van der Waals surface area contributed by atoms with E-state index in [1.807, 2.05) is 37.3 Å². The van der Waals surface area contributed by atoms with Gasteiger partial charge in [-0.3, -0.25) is 9.59 Å². The van der Waals surface area contributed by atoms with E-state index in [4.69, 9.17) is 0 Å². The number of aromatic nitrogens is 4. The van der Waals surface area contributed by atoms with Crippen molar-refractivity contribution in [3.63, 3.8) is 0 Å². The number of hydrogen-bond donors (Lipinski definition) is 2. The number of anilines is 1. The molecule has 2 amide bonds. The molecule has 0 spiro atoms. The molecule has 0 atom stereocenters. The first-order valence-electron chi connectivity index (χ1n) is 8.63. The highest BCUT2D eigenvalue weighted by Crippen LogP contribution is 2.20. The van der Waals surface area contributed by atoms with Gasteiger partial charge in [-0.05, 0) is 41.1 Å². The van der Waals surface area contributed by atoms with Gasteiger partial charge in [-0.1, -0.05) is 47.7 Å². The average molecular weight is 396 g/mol. The van der Waals surface area contributed by atoms with E-state index in [-0.39, 0.29) is 17.6 Å². The Kier molecular flexibility index (Phi) is 6.38. The summed E-state index contributed by atoms with van der Waals surface area (Å²) in [6, 6.07) is 15.2. The second-order valence-corrected chi connectivity index (χ2v) is 7.10. The number of nitrogens with zero attached hydrogens (tertiary/aromatic N) is 4. The van der Waals surface area contributed by atoms with Crippen molar-refractivity contribution in [2.45, 2.75) is 25.5 Å². The first kappa shape index (κ1) is 19.6. The molecule has 0 aliphatic heterocycles. The zero-order chi connectivity index (χ0) is 19.9. The molecular formula is C19H20N6O2S. The summed E-state index contributed by atoms with van der Waals surface area (Å²) in [6.45, 7) is 3.94. The lowest BCUT2D eigenvalue weighted by Gasteiger charge is -2.08. The molecule has 9 heteroatoms. The molecule has 0 saturated heterocycles. The maximum absolute atomic E-state index is 12.1. The molecular weight excluding hydrogens is 376 g/mol. The quantitative estimate of drug-likeness (QED) is 0.595. The zero-order valence-electron chi connectivity index (χ0n) is 15.5. The van der Waals surface area contributed by atoms with Crippen molar-refractivity contribution >= 4 is 29.3 Å². The standard InChI is InChI=1S/C19H20N6O2S/c1-13-6-8-15(9-7-13)11-20-18(27)12-28-19-22-23-24-25(19)17-5-3-4-16(10-17)21-14(2)26/h3-10H,11-12H2,1-2H3,(H,20,27)(H,21,26). The molecule has 0 aliphatic carbocycles. The Morgan fingerprint density at radius 3 is 2.68 bits per heavy atom. The zero-order valence-corrected chi connectivity index (χ0v) is 16.4. The Morgan fingerprint density at radius 1 is 1.14 bits per heavy atom. The van der Waals surface area contributed by atoms with Crippen LogP contribution in [0, 0.1) is 6.92 Å². The number of benzene rings is 2. The van der Waals surface area contributed by atoms with E-state index < -0.39 is 0 Å². The summed E-state index contributed by atoms with van der Waals surface area (Å²) in [5, 5.41) is 17.7. The fourth-order valence-electron chi connectivity index (χ4n) is 2.44. The number of amides is 2. The molecule has 1 heterocycles. The summed E-state index contributed by atoms with van der Waals surface area (Å²) in [4.78, 5) is 23.4. The minimum Gasteiger partial charge on any atom is -0.351 e. The number of thioether (sulfide) groups is 1. The average Bonchev–Trinajstić information content (AvgIpc) is 3.14. The summed E-state index contributed by atoms with van der Waals surface area (Å²) in [6.07, 6.45) is 0. The topological polar surface area (TPSA) is 102 Å². The smallest absolute Gasteiger partial charge is 0.230 e. The molecule has 2 aromatic carbocycles. The third kappa shape index (κ3) is 5.40. The number of hydrogen-bond acceptors (Lipinski definition) is 6. The van der Waals surface area contributed by atoms with Gasteiger partial charge in [0.2, 0.25) is 17.0 Å². The number of nitrogens with one attached hydrogen (secondary N) is 2. The molecule has 0 bridgehead atoms. The summed E-state index contributed by atoms with van der Waals surface area (Å²) < 4.78 is 1.53. The number of carbonyl (C=O) groups excluding carboxylic acids is 2. The van der Waals surface area contributed by atoms with Crippen molar-refractivity contribution in [1.29, 1.82) is 0 Å². The summed E-state index contributed by atoms with van der Waals surface area (Å²) in [5.74, 6) is -0.0710. The Morgan fingerprint density at radius 2 is 1.93 bits per heavy atom. The lowest BCUT2D eigenvalue weighted by molar-refractivity contribution is -0.118. The highest BCUT2D eigenvalue weighted by atomic mass is 32.2. The van der Waals surface area contributed by atoms with Gasteiger partial charge < -0.3 is 10.6 Å². The van der Waals surface area contributed by atoms with Gasteiger partial charge in [-0.15, -0.1) is 5.10 Å². The molecule has 0 unspecified atom stereocenters. The van der Waals surface area contributed by atoms with Gasteiger partial charge in [0.25, 0.3) is 0 Å². The molecule has 3 aromatic rings. The predicted octanol–water partition coefficient (Wildman–Crippen LogP) is 2.34. The Bertz CT molecular complexity index is 971. The molecule has 144 valence electrons. The largest absolute Gasteiger partial charge is 0.351 e. The van der Waals surface area contributed by atoms with Gasteiger partial charge in [0.15, 0.2) is 0 Å². The maximum Gasteiger partial charge on any atom is 0.230 e. The fraction of sp³-hybridized carbons (Fsp3) is 0.211. The normalized spacial score (nSPS) is 10.5. The van der Waals surface area contributed by atoms with Crippen LogP contribution in [0.15, 0.2) is 53.7 Å². The van der Waals surface area contributed by atoms with E-state index in [0.717, 1.165) is 5.56 Å². The summed E-state index contributed by atoms with van der Waals surface area (Å²) in [7, 11) is 0. The van der Waals surface area contributed by atoms with Gasteiger partial charge >= 0.3 is 0 Å². The Hall–Kier alpha value is -3.20. The van der Waals surface area contributed by atoms with Crippen molar-refractivity contribution in [2.24, 2.45) is 0 Å². The van der Waals surface area contributed by atoms with Gasteiger partial charge in [-0.25, -0.2) is 0 Å². The van der Waals surface area contributed by atoms with Crippen LogP contribution in [0.1, 0.15) is 18.1 Å². The number of carbonyl (C=O) groups is 2. The molecule has 0 fully saturated rings. The van der Waals surface area contributed by atoms with Crippen LogP contribution >= 0.6 is 11.8 Å². The fourth-order valence-corrected chi connectivity index (χ4v) is 3.16. The lowest BCUT2D eigenvalue weighted by Crippen LogP contribution is -2.24. The molecule has 0 radical (unpaired) electrons. The van der Waals surface area contributed by atoms with Crippen LogP contribution in [-0.2, 0) is 16.1 Å². The monoisotopic (exact) mass is 396 g/mol. The van der Waals surface area contributed by atoms with E-state index in [1.165, 1.54) is 28.9 Å². The molecule has 8 nitrogen and oxygen atoms in total. The Labute approximate surface area is 166 Å². The molecule has 0 saturated carbocycles. The molecule has 2 N–H and O–H groups in total. The van der Waals surface area contributed by atoms with E-state index in [0.29, 0.717) is 23.1 Å². The first-order chi connectivity index (χ1) is 13.5. The van der Waals surface area contributed by atoms with Gasteiger partial charge in [0.05, 0.1) is 11.4 Å². The Balaban J connectivity index is 1.59. The number of aryl methyl sites for hydroxylation is 1. The van der Waals surface area contributed by atoms with Gasteiger partial charge in [0.1, 0.15) is 0 Å². The first-order valence-corrected chi connectivity index (χ1v) is 9.61. The third-order valence-corrected chi connectivity index (χ3v) is 4.71. The van der Waals surface area contributed by atoms with Crippen LogP contribution in [-0.4, -0.2) is 37.8 Å². The molecule has 1 aromatic heterocycles. The predicted molar refractivity (Wildman–Crippen MR) is 107 cm³/mol. The van der Waals surface area contributed by atoms with Crippen LogP contribution < -0.4 is 10.6 Å². The van der Waals surface area contributed by atoms with E-state index in [1.54, 1.807) is 18.2 Å². The molecule has 3 rings (SSSR count). The summed E-state index contributed by atoms with van der Waals surface area (Å²) in [5.41, 5.74) is 3.56. The van der Waals surface area contributed by atoms with Gasteiger partial charge in [0, 0.05) is 19.2 Å². The van der Waals surface area contributed by atoms with Crippen molar-refractivity contribution in [3.8, 4) is 5.69 Å².